The molecule has 1 heterocycles. The minimum Gasteiger partial charge on any atom is -0.423 e. The fourth-order valence-corrected chi connectivity index (χ4v) is 2.54. The van der Waals surface area contributed by atoms with Crippen molar-refractivity contribution in [3.63, 3.8) is 0 Å². The summed E-state index contributed by atoms with van der Waals surface area (Å²) in [6.45, 7) is 1.84. The second-order valence-electron chi connectivity index (χ2n) is 4.73. The first-order chi connectivity index (χ1) is 10.8. The summed E-state index contributed by atoms with van der Waals surface area (Å²) in [6, 6.07) is 14.5. The molecule has 0 aliphatic heterocycles. The zero-order valence-corrected chi connectivity index (χ0v) is 13.8. The van der Waals surface area contributed by atoms with Crippen molar-refractivity contribution < 1.29 is 17.4 Å². The van der Waals surface area contributed by atoms with Crippen LogP contribution >= 0.6 is 12.6 Å². The predicted octanol–water partition coefficient (Wildman–Crippen LogP) is 3.32. The summed E-state index contributed by atoms with van der Waals surface area (Å²) in [5.74, 6) is 0. The maximum Gasteiger partial charge on any atom is 0.336 e. The molecular formula is C16H14O5S2. The van der Waals surface area contributed by atoms with Gasteiger partial charge in [0.1, 0.15) is 5.58 Å². The van der Waals surface area contributed by atoms with E-state index in [4.69, 9.17) is 8.97 Å². The number of rotatable bonds is 1. The van der Waals surface area contributed by atoms with Crippen LogP contribution in [-0.4, -0.2) is 13.0 Å². The highest BCUT2D eigenvalue weighted by atomic mass is 32.2. The minimum absolute atomic E-state index is 0.0666. The van der Waals surface area contributed by atoms with E-state index in [2.05, 4.69) is 12.6 Å². The first-order valence-electron chi connectivity index (χ1n) is 6.53. The van der Waals surface area contributed by atoms with Gasteiger partial charge in [-0.15, -0.1) is 12.6 Å². The molecule has 0 aliphatic carbocycles. The van der Waals surface area contributed by atoms with Crippen LogP contribution in [0.2, 0.25) is 0 Å². The molecule has 23 heavy (non-hydrogen) atoms. The molecule has 5 nitrogen and oxygen atoms in total. The standard InChI is InChI=1S/C9H6O2S.C7H8O3S/c10-9-5-4-6-7(11-9)2-1-3-8(6)12;1-6-2-4-7(5-3-6)11(8,9)10/h1-5,12H;2-5H,1H3,(H,8,9,10). The second kappa shape index (κ2) is 6.99. The van der Waals surface area contributed by atoms with Crippen molar-refractivity contribution in [1.29, 1.82) is 0 Å². The summed E-state index contributed by atoms with van der Waals surface area (Å²) in [6.07, 6.45) is 0. The quantitative estimate of drug-likeness (QED) is 0.399. The molecule has 0 aliphatic rings. The maximum atomic E-state index is 10.8. The Morgan fingerprint density at radius 3 is 2.26 bits per heavy atom. The highest BCUT2D eigenvalue weighted by molar-refractivity contribution is 7.85. The summed E-state index contributed by atoms with van der Waals surface area (Å²) in [5, 5.41) is 0.862. The first-order valence-corrected chi connectivity index (χ1v) is 8.42. The Kier molecular flexibility index (Phi) is 5.25. The second-order valence-corrected chi connectivity index (χ2v) is 6.63. The van der Waals surface area contributed by atoms with Crippen LogP contribution in [0.15, 0.2) is 73.6 Å². The molecule has 1 aromatic heterocycles. The van der Waals surface area contributed by atoms with Crippen molar-refractivity contribution in [3.8, 4) is 0 Å². The number of hydrogen-bond donors (Lipinski definition) is 2. The Balaban J connectivity index is 0.000000168. The first kappa shape index (κ1) is 17.3. The molecule has 0 unspecified atom stereocenters. The van der Waals surface area contributed by atoms with Crippen molar-refractivity contribution in [2.75, 3.05) is 0 Å². The van der Waals surface area contributed by atoms with E-state index in [1.54, 1.807) is 30.3 Å². The Labute approximate surface area is 138 Å². The monoisotopic (exact) mass is 350 g/mol. The number of hydrogen-bond acceptors (Lipinski definition) is 5. The highest BCUT2D eigenvalue weighted by Gasteiger charge is 2.06. The molecule has 0 spiro atoms. The van der Waals surface area contributed by atoms with Gasteiger partial charge in [0.15, 0.2) is 0 Å². The predicted molar refractivity (Wildman–Crippen MR) is 90.7 cm³/mol. The number of fused-ring (bicyclic) bond motifs is 1. The lowest BCUT2D eigenvalue weighted by Crippen LogP contribution is -1.96. The Bertz CT molecular complexity index is 973. The molecule has 0 saturated heterocycles. The van der Waals surface area contributed by atoms with Crippen LogP contribution in [0.25, 0.3) is 11.0 Å². The van der Waals surface area contributed by atoms with Crippen LogP contribution in [0.4, 0.5) is 0 Å². The maximum absolute atomic E-state index is 10.8. The Morgan fingerprint density at radius 2 is 1.65 bits per heavy atom. The number of thiol groups is 1. The molecule has 0 bridgehead atoms. The van der Waals surface area contributed by atoms with Crippen LogP contribution < -0.4 is 5.63 Å². The Hall–Kier alpha value is -2.09. The average molecular weight is 350 g/mol. The van der Waals surface area contributed by atoms with Crippen LogP contribution in [0.1, 0.15) is 5.56 Å². The van der Waals surface area contributed by atoms with Gasteiger partial charge in [0.2, 0.25) is 0 Å². The normalized spacial score (nSPS) is 10.9. The van der Waals surface area contributed by atoms with E-state index in [-0.39, 0.29) is 10.5 Å². The van der Waals surface area contributed by atoms with Crippen LogP contribution in [0, 0.1) is 6.92 Å². The topological polar surface area (TPSA) is 84.6 Å². The van der Waals surface area contributed by atoms with E-state index in [0.717, 1.165) is 15.8 Å². The largest absolute Gasteiger partial charge is 0.423 e. The summed E-state index contributed by atoms with van der Waals surface area (Å²) in [4.78, 5) is 11.6. The van der Waals surface area contributed by atoms with Crippen molar-refractivity contribution >= 4 is 33.7 Å². The van der Waals surface area contributed by atoms with Gasteiger partial charge in [-0.2, -0.15) is 8.42 Å². The van der Waals surface area contributed by atoms with E-state index in [0.29, 0.717) is 5.58 Å². The number of benzene rings is 2. The molecular weight excluding hydrogens is 336 g/mol. The van der Waals surface area contributed by atoms with Gasteiger partial charge in [-0.25, -0.2) is 4.79 Å². The smallest absolute Gasteiger partial charge is 0.336 e. The lowest BCUT2D eigenvalue weighted by atomic mass is 10.2. The van der Waals surface area contributed by atoms with Gasteiger partial charge in [-0.1, -0.05) is 23.8 Å². The highest BCUT2D eigenvalue weighted by Crippen LogP contribution is 2.19. The van der Waals surface area contributed by atoms with Gasteiger partial charge in [0.25, 0.3) is 10.1 Å². The van der Waals surface area contributed by atoms with Gasteiger partial charge >= 0.3 is 5.63 Å². The summed E-state index contributed by atoms with van der Waals surface area (Å²) in [7, 11) is -4.02. The van der Waals surface area contributed by atoms with Gasteiger partial charge in [0.05, 0.1) is 4.90 Å². The molecule has 0 saturated carbocycles. The molecule has 7 heteroatoms. The summed E-state index contributed by atoms with van der Waals surface area (Å²) in [5.41, 5.74) is 1.20. The van der Waals surface area contributed by atoms with E-state index < -0.39 is 10.1 Å². The average Bonchev–Trinajstić information content (AvgIpc) is 2.47. The molecule has 1 N–H and O–H groups in total. The van der Waals surface area contributed by atoms with Gasteiger partial charge in [0, 0.05) is 16.3 Å². The zero-order chi connectivity index (χ0) is 17.0. The fraction of sp³-hybridized carbons (Fsp3) is 0.0625. The van der Waals surface area contributed by atoms with Crippen molar-refractivity contribution in [2.24, 2.45) is 0 Å². The van der Waals surface area contributed by atoms with Crippen molar-refractivity contribution in [3.05, 3.63) is 70.6 Å². The minimum atomic E-state index is -4.02. The third-order valence-corrected chi connectivity index (χ3v) is 4.22. The lowest BCUT2D eigenvalue weighted by Gasteiger charge is -1.96. The number of aryl methyl sites for hydroxylation is 1. The fourth-order valence-electron chi connectivity index (χ4n) is 1.79. The van der Waals surface area contributed by atoms with Crippen molar-refractivity contribution in [2.45, 2.75) is 16.7 Å². The van der Waals surface area contributed by atoms with Crippen LogP contribution in [0.5, 0.6) is 0 Å². The van der Waals surface area contributed by atoms with E-state index in [1.165, 1.54) is 18.2 Å². The molecule has 120 valence electrons. The lowest BCUT2D eigenvalue weighted by molar-refractivity contribution is 0.483. The third-order valence-electron chi connectivity index (χ3n) is 2.96. The van der Waals surface area contributed by atoms with Crippen molar-refractivity contribution in [1.82, 2.24) is 0 Å². The van der Waals surface area contributed by atoms with Gasteiger partial charge < -0.3 is 4.42 Å². The van der Waals surface area contributed by atoms with Gasteiger partial charge in [-0.3, -0.25) is 4.55 Å². The van der Waals surface area contributed by atoms with E-state index in [9.17, 15) is 13.2 Å². The third kappa shape index (κ3) is 4.69. The zero-order valence-electron chi connectivity index (χ0n) is 12.1. The van der Waals surface area contributed by atoms with Crippen LogP contribution in [-0.2, 0) is 10.1 Å². The molecule has 3 rings (SSSR count). The molecule has 0 radical (unpaired) electrons. The van der Waals surface area contributed by atoms with Crippen LogP contribution in [0.3, 0.4) is 0 Å². The van der Waals surface area contributed by atoms with E-state index in [1.807, 2.05) is 13.0 Å². The molecule has 0 fully saturated rings. The molecule has 2 aromatic carbocycles. The summed E-state index contributed by atoms with van der Waals surface area (Å²) < 4.78 is 34.5. The molecule has 0 atom stereocenters. The van der Waals surface area contributed by atoms with E-state index >= 15 is 0 Å². The molecule has 0 amide bonds. The Morgan fingerprint density at radius 1 is 1.00 bits per heavy atom. The van der Waals surface area contributed by atoms with Gasteiger partial charge in [-0.05, 0) is 37.3 Å². The SMILES string of the molecule is Cc1ccc(S(=O)(=O)O)cc1.O=c1ccc2c(S)cccc2o1. The molecule has 3 aromatic rings. The summed E-state index contributed by atoms with van der Waals surface area (Å²) >= 11 is 4.22.